The van der Waals surface area contributed by atoms with Crippen LogP contribution in [-0.4, -0.2) is 49.8 Å². The largest absolute Gasteiger partial charge is 0.385 e. The number of hydrogen-bond acceptors (Lipinski definition) is 3. The average Bonchev–Trinajstić information content (AvgIpc) is 2.34. The molecule has 102 valence electrons. The fourth-order valence-electron chi connectivity index (χ4n) is 2.71. The van der Waals surface area contributed by atoms with Gasteiger partial charge in [-0.05, 0) is 25.7 Å². The number of hydrogen-bond donors (Lipinski definition) is 1. The molecule has 1 fully saturated rings. The molecule has 17 heavy (non-hydrogen) atoms. The van der Waals surface area contributed by atoms with Crippen LogP contribution in [0.4, 0.5) is 0 Å². The molecule has 0 saturated carbocycles. The molecule has 0 aliphatic carbocycles. The van der Waals surface area contributed by atoms with Gasteiger partial charge in [-0.2, -0.15) is 0 Å². The zero-order chi connectivity index (χ0) is 12.8. The predicted molar refractivity (Wildman–Crippen MR) is 73.4 cm³/mol. The van der Waals surface area contributed by atoms with E-state index < -0.39 is 0 Å². The van der Waals surface area contributed by atoms with Gasteiger partial charge in [0.25, 0.3) is 0 Å². The Hall–Kier alpha value is -0.120. The molecule has 1 aliphatic rings. The van der Waals surface area contributed by atoms with Gasteiger partial charge in [-0.3, -0.25) is 4.90 Å². The molecule has 1 heterocycles. The lowest BCUT2D eigenvalue weighted by molar-refractivity contribution is 0.0459. The third-order valence-corrected chi connectivity index (χ3v) is 4.04. The minimum Gasteiger partial charge on any atom is -0.385 e. The monoisotopic (exact) mass is 242 g/mol. The van der Waals surface area contributed by atoms with E-state index in [1.807, 2.05) is 0 Å². The zero-order valence-corrected chi connectivity index (χ0v) is 12.2. The van der Waals surface area contributed by atoms with Crippen molar-refractivity contribution in [2.75, 3.05) is 26.8 Å². The highest BCUT2D eigenvalue weighted by Gasteiger charge is 2.31. The Kier molecular flexibility index (Phi) is 6.45. The summed E-state index contributed by atoms with van der Waals surface area (Å²) in [6, 6.07) is 1.96. The van der Waals surface area contributed by atoms with Gasteiger partial charge < -0.3 is 10.1 Å². The fraction of sp³-hybridized carbons (Fsp3) is 1.00. The van der Waals surface area contributed by atoms with Crippen LogP contribution in [0.3, 0.4) is 0 Å². The van der Waals surface area contributed by atoms with Crippen molar-refractivity contribution < 1.29 is 4.74 Å². The van der Waals surface area contributed by atoms with Crippen LogP contribution < -0.4 is 5.32 Å². The molecule has 0 aromatic heterocycles. The average molecular weight is 242 g/mol. The summed E-state index contributed by atoms with van der Waals surface area (Å²) in [4.78, 5) is 2.69. The standard InChI is InChI=1S/C14H30N2O/c1-6-13-10-16(12(4)7-8-17-5)14(9-15-13)11(2)3/h11-15H,6-10H2,1-5H3. The maximum Gasteiger partial charge on any atom is 0.0477 e. The van der Waals surface area contributed by atoms with Gasteiger partial charge in [0.05, 0.1) is 0 Å². The van der Waals surface area contributed by atoms with Crippen LogP contribution in [0.1, 0.15) is 40.5 Å². The maximum atomic E-state index is 5.21. The third-order valence-electron chi connectivity index (χ3n) is 4.04. The van der Waals surface area contributed by atoms with Gasteiger partial charge in [0.2, 0.25) is 0 Å². The van der Waals surface area contributed by atoms with Crippen LogP contribution >= 0.6 is 0 Å². The van der Waals surface area contributed by atoms with Gasteiger partial charge in [0.1, 0.15) is 0 Å². The molecule has 1 N–H and O–H groups in total. The molecule has 0 bridgehead atoms. The van der Waals surface area contributed by atoms with Gasteiger partial charge in [-0.25, -0.2) is 0 Å². The van der Waals surface area contributed by atoms with Crippen molar-refractivity contribution in [3.8, 4) is 0 Å². The molecule has 1 saturated heterocycles. The quantitative estimate of drug-likeness (QED) is 0.772. The lowest BCUT2D eigenvalue weighted by Crippen LogP contribution is -2.60. The molecule has 0 radical (unpaired) electrons. The Balaban J connectivity index is 2.59. The fourth-order valence-corrected chi connectivity index (χ4v) is 2.71. The first kappa shape index (κ1) is 14.9. The van der Waals surface area contributed by atoms with E-state index in [4.69, 9.17) is 4.74 Å². The van der Waals surface area contributed by atoms with Crippen molar-refractivity contribution in [1.29, 1.82) is 0 Å². The summed E-state index contributed by atoms with van der Waals surface area (Å²) in [5.41, 5.74) is 0. The predicted octanol–water partition coefficient (Wildman–Crippen LogP) is 2.12. The van der Waals surface area contributed by atoms with Crippen LogP contribution in [0.25, 0.3) is 0 Å². The molecule has 3 heteroatoms. The topological polar surface area (TPSA) is 24.5 Å². The molecule has 0 aromatic rings. The molecule has 3 atom stereocenters. The Bertz CT molecular complexity index is 208. The van der Waals surface area contributed by atoms with E-state index in [0.29, 0.717) is 24.0 Å². The van der Waals surface area contributed by atoms with E-state index in [2.05, 4.69) is 37.9 Å². The van der Waals surface area contributed by atoms with Crippen molar-refractivity contribution in [2.45, 2.75) is 58.7 Å². The highest BCUT2D eigenvalue weighted by atomic mass is 16.5. The van der Waals surface area contributed by atoms with E-state index in [1.165, 1.54) is 13.0 Å². The van der Waals surface area contributed by atoms with Crippen molar-refractivity contribution in [1.82, 2.24) is 10.2 Å². The van der Waals surface area contributed by atoms with Crippen molar-refractivity contribution in [2.24, 2.45) is 5.92 Å². The second kappa shape index (κ2) is 7.34. The minimum absolute atomic E-state index is 0.624. The van der Waals surface area contributed by atoms with E-state index >= 15 is 0 Å². The highest BCUT2D eigenvalue weighted by Crippen LogP contribution is 2.20. The van der Waals surface area contributed by atoms with Gasteiger partial charge >= 0.3 is 0 Å². The van der Waals surface area contributed by atoms with E-state index in [9.17, 15) is 0 Å². The Morgan fingerprint density at radius 3 is 2.59 bits per heavy atom. The second-order valence-electron chi connectivity index (χ2n) is 5.65. The smallest absolute Gasteiger partial charge is 0.0477 e. The summed E-state index contributed by atoms with van der Waals surface area (Å²) in [6.45, 7) is 12.4. The number of nitrogens with zero attached hydrogens (tertiary/aromatic N) is 1. The summed E-state index contributed by atoms with van der Waals surface area (Å²) in [5, 5.41) is 3.67. The second-order valence-corrected chi connectivity index (χ2v) is 5.65. The molecular formula is C14H30N2O. The van der Waals surface area contributed by atoms with Gasteiger partial charge in [-0.1, -0.05) is 20.8 Å². The summed E-state index contributed by atoms with van der Waals surface area (Å²) in [6.07, 6.45) is 2.36. The number of ether oxygens (including phenoxy) is 1. The highest BCUT2D eigenvalue weighted by molar-refractivity contribution is 4.89. The molecule has 3 unspecified atom stereocenters. The van der Waals surface area contributed by atoms with Crippen LogP contribution in [0.5, 0.6) is 0 Å². The molecule has 3 nitrogen and oxygen atoms in total. The van der Waals surface area contributed by atoms with Gasteiger partial charge in [0.15, 0.2) is 0 Å². The SMILES string of the molecule is CCC1CN(C(C)CCOC)C(C(C)C)CN1. The molecule has 0 aromatic carbocycles. The van der Waals surface area contributed by atoms with Gasteiger partial charge in [0, 0.05) is 44.9 Å². The summed E-state index contributed by atoms with van der Waals surface area (Å²) in [5.74, 6) is 0.713. The van der Waals surface area contributed by atoms with E-state index in [1.54, 1.807) is 7.11 Å². The number of rotatable bonds is 6. The first-order valence-corrected chi connectivity index (χ1v) is 7.08. The minimum atomic E-state index is 0.624. The van der Waals surface area contributed by atoms with E-state index in [0.717, 1.165) is 19.6 Å². The first-order valence-electron chi connectivity index (χ1n) is 7.08. The van der Waals surface area contributed by atoms with Crippen LogP contribution in [0.2, 0.25) is 0 Å². The van der Waals surface area contributed by atoms with Crippen molar-refractivity contribution in [3.63, 3.8) is 0 Å². The maximum absolute atomic E-state index is 5.21. The lowest BCUT2D eigenvalue weighted by atomic mass is 9.95. The molecule has 1 aliphatic heterocycles. The molecular weight excluding hydrogens is 212 g/mol. The van der Waals surface area contributed by atoms with E-state index in [-0.39, 0.29) is 0 Å². The van der Waals surface area contributed by atoms with Crippen LogP contribution in [0.15, 0.2) is 0 Å². The Morgan fingerprint density at radius 2 is 2.06 bits per heavy atom. The lowest BCUT2D eigenvalue weighted by Gasteiger charge is -2.45. The number of methoxy groups -OCH3 is 1. The number of nitrogens with one attached hydrogen (secondary N) is 1. The van der Waals surface area contributed by atoms with Crippen LogP contribution in [0, 0.1) is 5.92 Å². The van der Waals surface area contributed by atoms with Crippen molar-refractivity contribution >= 4 is 0 Å². The van der Waals surface area contributed by atoms with Gasteiger partial charge in [-0.15, -0.1) is 0 Å². The Morgan fingerprint density at radius 1 is 1.35 bits per heavy atom. The Labute approximate surface area is 107 Å². The summed E-state index contributed by atoms with van der Waals surface area (Å²) >= 11 is 0. The summed E-state index contributed by atoms with van der Waals surface area (Å²) in [7, 11) is 1.79. The first-order chi connectivity index (χ1) is 8.10. The van der Waals surface area contributed by atoms with Crippen molar-refractivity contribution in [3.05, 3.63) is 0 Å². The normalized spacial score (nSPS) is 28.6. The molecule has 0 spiro atoms. The summed E-state index contributed by atoms with van der Waals surface area (Å²) < 4.78 is 5.21. The molecule has 1 rings (SSSR count). The van der Waals surface area contributed by atoms with Crippen LogP contribution in [-0.2, 0) is 4.74 Å². The zero-order valence-electron chi connectivity index (χ0n) is 12.2. The number of piperazine rings is 1. The third kappa shape index (κ3) is 4.23. The molecule has 0 amide bonds.